The number of hydrogen-bond acceptors (Lipinski definition) is 3. The number of hydrogen-bond donors (Lipinski definition) is 1. The molecular weight excluding hydrogens is 242 g/mol. The summed E-state index contributed by atoms with van der Waals surface area (Å²) in [7, 11) is 0. The van der Waals surface area contributed by atoms with Gasteiger partial charge in [0, 0.05) is 31.4 Å². The highest BCUT2D eigenvalue weighted by atomic mass is 16.4. The predicted molar refractivity (Wildman–Crippen MR) is 72.8 cm³/mol. The number of aromatic nitrogens is 2. The maximum absolute atomic E-state index is 11.5. The average molecular weight is 265 g/mol. The van der Waals surface area contributed by atoms with E-state index in [9.17, 15) is 9.90 Å². The van der Waals surface area contributed by atoms with Crippen LogP contribution in [-0.4, -0.2) is 38.8 Å². The van der Waals surface area contributed by atoms with Crippen molar-refractivity contribution >= 4 is 5.97 Å². The van der Waals surface area contributed by atoms with Crippen LogP contribution >= 0.6 is 0 Å². The van der Waals surface area contributed by atoms with Crippen molar-refractivity contribution in [2.75, 3.05) is 13.1 Å². The second-order valence-corrected chi connectivity index (χ2v) is 5.50. The number of rotatable bonds is 6. The van der Waals surface area contributed by atoms with Gasteiger partial charge in [-0.15, -0.1) is 0 Å². The fraction of sp³-hybridized carbons (Fsp3) is 0.714. The molecule has 1 atom stereocenters. The molecule has 0 bridgehead atoms. The fourth-order valence-corrected chi connectivity index (χ4v) is 2.98. The van der Waals surface area contributed by atoms with E-state index in [1.54, 1.807) is 0 Å². The molecule has 5 heteroatoms. The summed E-state index contributed by atoms with van der Waals surface area (Å²) < 4.78 is 1.90. The van der Waals surface area contributed by atoms with Gasteiger partial charge in [-0.3, -0.25) is 14.4 Å². The summed E-state index contributed by atoms with van der Waals surface area (Å²) in [6.45, 7) is 7.31. The van der Waals surface area contributed by atoms with Crippen LogP contribution in [0.25, 0.3) is 0 Å². The Labute approximate surface area is 114 Å². The Morgan fingerprint density at radius 2 is 2.32 bits per heavy atom. The molecule has 1 N–H and O–H groups in total. The maximum Gasteiger partial charge on any atom is 0.310 e. The molecule has 1 saturated heterocycles. The van der Waals surface area contributed by atoms with Crippen LogP contribution in [0.1, 0.15) is 38.7 Å². The zero-order valence-electron chi connectivity index (χ0n) is 11.8. The molecule has 19 heavy (non-hydrogen) atoms. The minimum absolute atomic E-state index is 0.532. The molecule has 1 aliphatic heterocycles. The van der Waals surface area contributed by atoms with Crippen LogP contribution in [0.5, 0.6) is 0 Å². The summed E-state index contributed by atoms with van der Waals surface area (Å²) in [4.78, 5) is 13.8. The Kier molecular flexibility index (Phi) is 4.24. The second kappa shape index (κ2) is 5.74. The summed E-state index contributed by atoms with van der Waals surface area (Å²) in [6, 6.07) is 0. The first-order valence-corrected chi connectivity index (χ1v) is 7.06. The van der Waals surface area contributed by atoms with Crippen LogP contribution in [0.3, 0.4) is 0 Å². The van der Waals surface area contributed by atoms with Crippen LogP contribution in [0.2, 0.25) is 0 Å². The number of carboxylic acid groups (broad SMARTS) is 1. The SMILES string of the molecule is CCCC1(C(=O)O)CCN(Cc2cnn(CC)c2)C1. The highest BCUT2D eigenvalue weighted by molar-refractivity contribution is 5.75. The van der Waals surface area contributed by atoms with Crippen LogP contribution in [-0.2, 0) is 17.9 Å². The molecular formula is C14H23N3O2. The van der Waals surface area contributed by atoms with Gasteiger partial charge in [0.1, 0.15) is 0 Å². The molecule has 0 radical (unpaired) electrons. The molecule has 1 aliphatic rings. The lowest BCUT2D eigenvalue weighted by Gasteiger charge is -2.24. The van der Waals surface area contributed by atoms with Crippen molar-refractivity contribution in [2.45, 2.75) is 46.2 Å². The third kappa shape index (κ3) is 2.97. The Bertz CT molecular complexity index is 444. The summed E-state index contributed by atoms with van der Waals surface area (Å²) in [6.07, 6.45) is 6.38. The Morgan fingerprint density at radius 1 is 1.53 bits per heavy atom. The third-order valence-electron chi connectivity index (χ3n) is 4.03. The van der Waals surface area contributed by atoms with Gasteiger partial charge in [-0.2, -0.15) is 5.10 Å². The number of nitrogens with zero attached hydrogens (tertiary/aromatic N) is 3. The van der Waals surface area contributed by atoms with Gasteiger partial charge in [0.25, 0.3) is 0 Å². The van der Waals surface area contributed by atoms with Crippen LogP contribution < -0.4 is 0 Å². The van der Waals surface area contributed by atoms with E-state index in [1.165, 1.54) is 5.56 Å². The molecule has 2 rings (SSSR count). The summed E-state index contributed by atoms with van der Waals surface area (Å²) in [5, 5.41) is 13.7. The monoisotopic (exact) mass is 265 g/mol. The molecule has 0 saturated carbocycles. The van der Waals surface area contributed by atoms with Gasteiger partial charge >= 0.3 is 5.97 Å². The smallest absolute Gasteiger partial charge is 0.310 e. The quantitative estimate of drug-likeness (QED) is 0.854. The highest BCUT2D eigenvalue weighted by Crippen LogP contribution is 2.36. The number of aliphatic carboxylic acids is 1. The molecule has 0 amide bonds. The summed E-state index contributed by atoms with van der Waals surface area (Å²) in [5.74, 6) is -0.638. The first-order valence-electron chi connectivity index (χ1n) is 7.06. The van der Waals surface area contributed by atoms with Crippen molar-refractivity contribution in [3.8, 4) is 0 Å². The lowest BCUT2D eigenvalue weighted by molar-refractivity contribution is -0.148. The van der Waals surface area contributed by atoms with Gasteiger partial charge < -0.3 is 5.11 Å². The van der Waals surface area contributed by atoms with Gasteiger partial charge in [-0.25, -0.2) is 0 Å². The number of likely N-dealkylation sites (tertiary alicyclic amines) is 1. The van der Waals surface area contributed by atoms with E-state index in [4.69, 9.17) is 0 Å². The first kappa shape index (κ1) is 14.1. The van der Waals surface area contributed by atoms with Gasteiger partial charge in [-0.05, 0) is 26.3 Å². The van der Waals surface area contributed by atoms with Gasteiger partial charge in [0.05, 0.1) is 11.6 Å². The standard InChI is InChI=1S/C14H23N3O2/c1-3-5-14(13(18)19)6-7-16(11-14)9-12-8-15-17(4-2)10-12/h8,10H,3-7,9,11H2,1-2H3,(H,18,19). The van der Waals surface area contributed by atoms with E-state index in [0.717, 1.165) is 38.9 Å². The van der Waals surface area contributed by atoms with Crippen LogP contribution in [0, 0.1) is 5.41 Å². The number of carbonyl (C=O) groups is 1. The van der Waals surface area contributed by atoms with Crippen LogP contribution in [0.15, 0.2) is 12.4 Å². The normalized spacial score (nSPS) is 23.9. The lowest BCUT2D eigenvalue weighted by atomic mass is 9.83. The van der Waals surface area contributed by atoms with Gasteiger partial charge in [0.15, 0.2) is 0 Å². The summed E-state index contributed by atoms with van der Waals surface area (Å²) >= 11 is 0. The third-order valence-corrected chi connectivity index (χ3v) is 4.03. The van der Waals surface area contributed by atoms with Crippen molar-refractivity contribution < 1.29 is 9.90 Å². The molecule has 0 aromatic carbocycles. The fourth-order valence-electron chi connectivity index (χ4n) is 2.98. The molecule has 2 heterocycles. The largest absolute Gasteiger partial charge is 0.481 e. The average Bonchev–Trinajstić information content (AvgIpc) is 2.98. The van der Waals surface area contributed by atoms with E-state index in [-0.39, 0.29) is 0 Å². The van der Waals surface area contributed by atoms with E-state index >= 15 is 0 Å². The molecule has 1 aromatic rings. The molecule has 1 unspecified atom stereocenters. The minimum Gasteiger partial charge on any atom is -0.481 e. The first-order chi connectivity index (χ1) is 9.09. The predicted octanol–water partition coefficient (Wildman–Crippen LogP) is 1.98. The Hall–Kier alpha value is -1.36. The Morgan fingerprint density at radius 3 is 2.89 bits per heavy atom. The second-order valence-electron chi connectivity index (χ2n) is 5.50. The van der Waals surface area contributed by atoms with Crippen molar-refractivity contribution in [1.29, 1.82) is 0 Å². The lowest BCUT2D eigenvalue weighted by Crippen LogP contribution is -2.34. The van der Waals surface area contributed by atoms with Crippen LogP contribution in [0.4, 0.5) is 0 Å². The summed E-state index contributed by atoms with van der Waals surface area (Å²) in [5.41, 5.74) is 0.634. The molecule has 0 aliphatic carbocycles. The van der Waals surface area contributed by atoms with Gasteiger partial charge in [-0.1, -0.05) is 13.3 Å². The van der Waals surface area contributed by atoms with E-state index in [0.29, 0.717) is 6.54 Å². The highest BCUT2D eigenvalue weighted by Gasteiger charge is 2.43. The zero-order chi connectivity index (χ0) is 13.9. The zero-order valence-corrected chi connectivity index (χ0v) is 11.8. The van der Waals surface area contributed by atoms with E-state index < -0.39 is 11.4 Å². The van der Waals surface area contributed by atoms with Crippen molar-refractivity contribution in [1.82, 2.24) is 14.7 Å². The topological polar surface area (TPSA) is 58.4 Å². The van der Waals surface area contributed by atoms with Gasteiger partial charge in [0.2, 0.25) is 0 Å². The molecule has 1 aromatic heterocycles. The Balaban J connectivity index is 1.99. The minimum atomic E-state index is -0.638. The van der Waals surface area contributed by atoms with Crippen molar-refractivity contribution in [3.63, 3.8) is 0 Å². The molecule has 5 nitrogen and oxygen atoms in total. The van der Waals surface area contributed by atoms with E-state index in [1.807, 2.05) is 17.1 Å². The van der Waals surface area contributed by atoms with E-state index in [2.05, 4.69) is 23.8 Å². The van der Waals surface area contributed by atoms with Crippen molar-refractivity contribution in [2.24, 2.45) is 5.41 Å². The maximum atomic E-state index is 11.5. The molecule has 106 valence electrons. The van der Waals surface area contributed by atoms with Crippen molar-refractivity contribution in [3.05, 3.63) is 18.0 Å². The molecule has 0 spiro atoms. The number of aryl methyl sites for hydroxylation is 1. The molecule has 1 fully saturated rings. The number of carboxylic acids is 1.